The first kappa shape index (κ1) is 13.5. The number of hydrogen-bond acceptors (Lipinski definition) is 1. The molecule has 0 radical (unpaired) electrons. The van der Waals surface area contributed by atoms with E-state index < -0.39 is 298 Å². The lowest BCUT2D eigenvalue weighted by Crippen LogP contribution is -1.94. The van der Waals surface area contributed by atoms with Crippen LogP contribution < -0.4 is 0 Å². The van der Waals surface area contributed by atoms with Gasteiger partial charge in [0.25, 0.3) is 0 Å². The zero-order chi connectivity index (χ0) is 65.3. The van der Waals surface area contributed by atoms with Crippen molar-refractivity contribution in [2.24, 2.45) is 0 Å². The van der Waals surface area contributed by atoms with Crippen LogP contribution in [0.2, 0.25) is 0 Å². The number of rotatable bonds is 5. The molecule has 0 bridgehead atoms. The van der Waals surface area contributed by atoms with E-state index in [0.29, 0.717) is 0 Å². The van der Waals surface area contributed by atoms with Crippen LogP contribution in [0, 0.1) is 0 Å². The lowest BCUT2D eigenvalue weighted by atomic mass is 9.99. The van der Waals surface area contributed by atoms with E-state index in [4.69, 9.17) is 29.1 Å². The molecule has 0 saturated carbocycles. The monoisotopic (exact) mass is 758 g/mol. The number of nitrogens with zero attached hydrogens (tertiary/aromatic N) is 2. The highest BCUT2D eigenvalue weighted by molar-refractivity contribution is 6.15. The first-order valence-corrected chi connectivity index (χ1v) is 16.9. The molecule has 0 aliphatic carbocycles. The third-order valence-electron chi connectivity index (χ3n) is 9.37. The summed E-state index contributed by atoms with van der Waals surface area (Å²) in [6.07, 6.45) is 0. The number of benzene rings is 9. The van der Waals surface area contributed by atoms with Crippen molar-refractivity contribution < 1.29 is 48.3 Å². The molecule has 266 valence electrons. The fourth-order valence-corrected chi connectivity index (χ4v) is 6.92. The number of hydrogen-bond donors (Lipinski definition) is 0. The minimum absolute atomic E-state index is 0.331. The standard InChI is InChI=1S/C54H34N2O/c1-3-13-35(14-4-1)36-25-27-37(28-26-36)41-19-11-20-44-45-21-12-24-52(54(45)57-53(41)44)56-49-23-10-8-18-43(49)47-34-39(30-32-51(47)56)38-29-31-50-46(33-38)42-17-7-9-22-48(42)55(50)40-15-5-2-6-16-40/h1-34H/i1D,2D,3D,4D,5D,6D,7D,8D,9D,10D,11D,12D,13D,14D,15D,16D,17D,18D,20D,21D,23D,24D,25D,26D,27D,28D,29D,30D,31D,32D,33D,34D. The zero-order valence-electron chi connectivity index (χ0n) is 60.5. The highest BCUT2D eigenvalue weighted by Gasteiger charge is 2.20. The van der Waals surface area contributed by atoms with Crippen LogP contribution in [0.4, 0.5) is 0 Å². The van der Waals surface area contributed by atoms with E-state index in [1.165, 1.54) is 0 Å². The van der Waals surface area contributed by atoms with Gasteiger partial charge in [-0.2, -0.15) is 0 Å². The highest BCUT2D eigenvalue weighted by atomic mass is 16.3. The third-order valence-corrected chi connectivity index (χ3v) is 9.37. The van der Waals surface area contributed by atoms with Gasteiger partial charge in [-0.1, -0.05) is 151 Å². The van der Waals surface area contributed by atoms with Gasteiger partial charge in [-0.15, -0.1) is 0 Å². The van der Waals surface area contributed by atoms with E-state index in [-0.39, 0.29) is 5.52 Å². The Morgan fingerprint density at radius 1 is 0.333 bits per heavy atom. The van der Waals surface area contributed by atoms with Crippen molar-refractivity contribution in [1.29, 1.82) is 0 Å². The minimum atomic E-state index is -1.06. The average molecular weight is 759 g/mol. The molecular formula is C54H34N2O. The van der Waals surface area contributed by atoms with Crippen molar-refractivity contribution in [3.8, 4) is 44.8 Å². The predicted octanol–water partition coefficient (Wildman–Crippen LogP) is 14.8. The summed E-state index contributed by atoms with van der Waals surface area (Å²) in [5, 5.41) is -3.26. The van der Waals surface area contributed by atoms with E-state index in [0.717, 1.165) is 21.3 Å². The van der Waals surface area contributed by atoms with Crippen LogP contribution >= 0.6 is 0 Å². The first-order valence-electron chi connectivity index (χ1n) is 32.9. The van der Waals surface area contributed by atoms with E-state index in [2.05, 4.69) is 0 Å². The second-order valence-electron chi connectivity index (χ2n) is 12.4. The Balaban J connectivity index is 1.22. The molecule has 0 aliphatic rings. The summed E-state index contributed by atoms with van der Waals surface area (Å²) in [4.78, 5) is 0. The lowest BCUT2D eigenvalue weighted by Gasteiger charge is -2.10. The maximum absolute atomic E-state index is 10.0. The number of furan rings is 1. The van der Waals surface area contributed by atoms with Crippen LogP contribution in [0.3, 0.4) is 0 Å². The first-order chi connectivity index (χ1) is 41.6. The van der Waals surface area contributed by atoms with Crippen LogP contribution in [-0.2, 0) is 0 Å². The van der Waals surface area contributed by atoms with Crippen LogP contribution in [0.15, 0.2) is 210 Å². The molecule has 12 rings (SSSR count). The van der Waals surface area contributed by atoms with Crippen LogP contribution in [-0.4, -0.2) is 9.13 Å². The van der Waals surface area contributed by atoms with Crippen molar-refractivity contribution in [3.63, 3.8) is 0 Å². The van der Waals surface area contributed by atoms with E-state index in [1.54, 1.807) is 0 Å². The molecule has 0 atom stereocenters. The molecule has 3 nitrogen and oxygen atoms in total. The summed E-state index contributed by atoms with van der Waals surface area (Å²) in [6.45, 7) is 0. The smallest absolute Gasteiger partial charge is 0.159 e. The molecule has 0 aliphatic heterocycles. The van der Waals surface area contributed by atoms with E-state index in [9.17, 15) is 19.2 Å². The van der Waals surface area contributed by atoms with Crippen LogP contribution in [0.5, 0.6) is 0 Å². The zero-order valence-corrected chi connectivity index (χ0v) is 28.5. The Morgan fingerprint density at radius 3 is 1.65 bits per heavy atom. The van der Waals surface area contributed by atoms with Crippen molar-refractivity contribution >= 4 is 65.6 Å². The van der Waals surface area contributed by atoms with Gasteiger partial charge >= 0.3 is 0 Å². The summed E-state index contributed by atoms with van der Waals surface area (Å²) in [5.41, 5.74) is -9.08. The van der Waals surface area contributed by atoms with Gasteiger partial charge in [-0.05, 0) is 82.2 Å². The van der Waals surface area contributed by atoms with Gasteiger partial charge in [-0.3, -0.25) is 0 Å². The van der Waals surface area contributed by atoms with Gasteiger partial charge < -0.3 is 13.6 Å². The van der Waals surface area contributed by atoms with Gasteiger partial charge in [0, 0.05) is 43.6 Å². The van der Waals surface area contributed by atoms with Crippen molar-refractivity contribution in [2.75, 3.05) is 0 Å². The topological polar surface area (TPSA) is 23.0 Å². The van der Waals surface area contributed by atoms with Gasteiger partial charge in [0.1, 0.15) is 5.58 Å². The second-order valence-corrected chi connectivity index (χ2v) is 12.4. The summed E-state index contributed by atoms with van der Waals surface area (Å²) in [6, 6.07) is -26.2. The fourth-order valence-electron chi connectivity index (χ4n) is 6.92. The Hall–Kier alpha value is -7.62. The Bertz CT molecular complexity index is 5320. The van der Waals surface area contributed by atoms with Crippen LogP contribution in [0.1, 0.15) is 43.9 Å². The van der Waals surface area contributed by atoms with E-state index in [1.807, 2.05) is 0 Å². The van der Waals surface area contributed by atoms with Crippen molar-refractivity contribution in [1.82, 2.24) is 9.13 Å². The Kier molecular flexibility index (Phi) is 2.96. The average Bonchev–Trinajstić information content (AvgIpc) is 1.55. The molecular weight excluding hydrogens is 693 g/mol. The highest BCUT2D eigenvalue weighted by Crippen LogP contribution is 2.42. The molecule has 0 saturated heterocycles. The van der Waals surface area contributed by atoms with Gasteiger partial charge in [0.15, 0.2) is 5.58 Å². The summed E-state index contributed by atoms with van der Waals surface area (Å²) >= 11 is 0. The molecule has 0 N–H and O–H groups in total. The quantitative estimate of drug-likeness (QED) is 0.171. The molecule has 12 aromatic rings. The fraction of sp³-hybridized carbons (Fsp3) is 0. The molecule has 57 heavy (non-hydrogen) atoms. The number of aromatic nitrogens is 2. The molecule has 0 fully saturated rings. The molecule has 3 heteroatoms. The predicted molar refractivity (Wildman–Crippen MR) is 239 cm³/mol. The third kappa shape index (κ3) is 4.86. The number of para-hydroxylation sites is 5. The van der Waals surface area contributed by atoms with E-state index >= 15 is 0 Å². The SMILES string of the molecule is [2H]c1cc2c(c([2H])c1[2H])c1c([2H])c(-c3c([2H])c([2H])c4c(c3[2H])c3c([2H])c([2H])c([2H])c([2H])c3n4-c3c([2H])c([2H])c([2H])c4c3oc3c(-c5c([2H])c([2H])c(-c6c([2H])c([2H])c([2H])c([2H])c6[2H])c([2H])c5[2H])cc([2H])c([2H])c34)c([2H])c([2H])c1n2-c1c([2H])c([2H])c([2H])c([2H])c1[2H]. The minimum Gasteiger partial charge on any atom is -0.453 e. The van der Waals surface area contributed by atoms with Gasteiger partial charge in [-0.25, -0.2) is 0 Å². The summed E-state index contributed by atoms with van der Waals surface area (Å²) in [5.74, 6) is 0. The number of fused-ring (bicyclic) bond motifs is 9. The van der Waals surface area contributed by atoms with Crippen molar-refractivity contribution in [3.05, 3.63) is 205 Å². The van der Waals surface area contributed by atoms with Crippen LogP contribution in [0.25, 0.3) is 110 Å². The Morgan fingerprint density at radius 2 is 0.877 bits per heavy atom. The molecule has 0 spiro atoms. The lowest BCUT2D eigenvalue weighted by molar-refractivity contribution is 0.667. The largest absolute Gasteiger partial charge is 0.453 e. The van der Waals surface area contributed by atoms with Crippen molar-refractivity contribution in [2.45, 2.75) is 0 Å². The maximum Gasteiger partial charge on any atom is 0.159 e. The summed E-state index contributed by atoms with van der Waals surface area (Å²) in [7, 11) is 0. The van der Waals surface area contributed by atoms with Gasteiger partial charge in [0.05, 0.1) is 71.6 Å². The molecule has 3 aromatic heterocycles. The second kappa shape index (κ2) is 12.5. The van der Waals surface area contributed by atoms with Gasteiger partial charge in [0.2, 0.25) is 0 Å². The normalized spacial score (nSPS) is 19.7. The summed E-state index contributed by atoms with van der Waals surface area (Å²) < 4.78 is 297. The maximum atomic E-state index is 10.0. The Labute approximate surface area is 373 Å². The molecule has 9 aromatic carbocycles. The molecule has 3 heterocycles. The molecule has 0 unspecified atom stereocenters. The molecule has 0 amide bonds.